The number of ether oxygens (including phenoxy) is 4. The summed E-state index contributed by atoms with van der Waals surface area (Å²) in [4.78, 5) is 8.48. The largest absolute Gasteiger partial charge is 0.493 e. The van der Waals surface area contributed by atoms with Gasteiger partial charge in [-0.15, -0.1) is 0 Å². The zero-order chi connectivity index (χ0) is 23.7. The molecular formula is C28H26N2O4. The Morgan fingerprint density at radius 1 is 0.471 bits per heavy atom. The summed E-state index contributed by atoms with van der Waals surface area (Å²) >= 11 is 0. The Balaban J connectivity index is 1.88. The van der Waals surface area contributed by atoms with E-state index in [0.717, 1.165) is 33.4 Å². The monoisotopic (exact) mass is 454 g/mol. The molecule has 5 rings (SSSR count). The third-order valence-electron chi connectivity index (χ3n) is 6.50. The minimum absolute atomic E-state index is 0.0503. The number of aromatic nitrogens is 2. The summed E-state index contributed by atoms with van der Waals surface area (Å²) in [6.45, 7) is 0. The van der Waals surface area contributed by atoms with E-state index in [4.69, 9.17) is 18.9 Å². The Hall–Kier alpha value is -4.06. The summed E-state index contributed by atoms with van der Waals surface area (Å²) in [6.07, 6.45) is 7.30. The van der Waals surface area contributed by atoms with Crippen molar-refractivity contribution in [3.63, 3.8) is 0 Å². The van der Waals surface area contributed by atoms with E-state index >= 15 is 0 Å². The Kier molecular flexibility index (Phi) is 5.80. The minimum atomic E-state index is -0.0503. The van der Waals surface area contributed by atoms with Crippen LogP contribution in [0.5, 0.6) is 23.0 Å². The first kappa shape index (κ1) is 21.8. The lowest BCUT2D eigenvalue weighted by Gasteiger charge is -2.36. The lowest BCUT2D eigenvalue weighted by molar-refractivity contribution is 0.352. The smallest absolute Gasteiger partial charge is 0.161 e. The second kappa shape index (κ2) is 9.06. The van der Waals surface area contributed by atoms with Gasteiger partial charge in [0.1, 0.15) is 0 Å². The van der Waals surface area contributed by atoms with E-state index in [0.29, 0.717) is 23.0 Å². The molecule has 0 saturated carbocycles. The van der Waals surface area contributed by atoms with Gasteiger partial charge in [0.15, 0.2) is 23.0 Å². The van der Waals surface area contributed by atoms with Crippen LogP contribution in [0.25, 0.3) is 0 Å². The molecule has 0 N–H and O–H groups in total. The predicted octanol–water partition coefficient (Wildman–Crippen LogP) is 5.18. The summed E-state index contributed by atoms with van der Waals surface area (Å²) in [5.41, 5.74) is 6.83. The highest BCUT2D eigenvalue weighted by Gasteiger charge is 2.36. The summed E-state index contributed by atoms with van der Waals surface area (Å²) in [5, 5.41) is 0. The Morgan fingerprint density at radius 3 is 0.971 bits per heavy atom. The van der Waals surface area contributed by atoms with Crippen LogP contribution in [-0.2, 0) is 0 Å². The summed E-state index contributed by atoms with van der Waals surface area (Å²) in [5.74, 6) is 2.67. The van der Waals surface area contributed by atoms with E-state index in [1.807, 2.05) is 24.8 Å². The van der Waals surface area contributed by atoms with E-state index in [1.165, 1.54) is 0 Å². The number of benzene rings is 2. The average Bonchev–Trinajstić information content (AvgIpc) is 2.90. The molecule has 0 radical (unpaired) electrons. The standard InChI is InChI=1S/C28H26N2O4/c1-31-23-13-19-20(14-24(23)32-2)28(18-7-11-30-12-8-18)22-16-26(34-4)25(33-3)15-21(22)27(19)17-5-9-29-10-6-17/h5-16,27-28H,1-4H3. The van der Waals surface area contributed by atoms with Crippen LogP contribution in [0.15, 0.2) is 73.3 Å². The van der Waals surface area contributed by atoms with Gasteiger partial charge in [-0.3, -0.25) is 9.97 Å². The van der Waals surface area contributed by atoms with Gasteiger partial charge < -0.3 is 18.9 Å². The van der Waals surface area contributed by atoms with E-state index < -0.39 is 0 Å². The van der Waals surface area contributed by atoms with Crippen LogP contribution >= 0.6 is 0 Å². The predicted molar refractivity (Wildman–Crippen MR) is 129 cm³/mol. The SMILES string of the molecule is COc1cc2c(cc1OC)C(c1ccncc1)c1cc(OC)c(OC)cc1C2c1ccncc1. The molecule has 0 spiro atoms. The lowest BCUT2D eigenvalue weighted by Crippen LogP contribution is -2.21. The summed E-state index contributed by atoms with van der Waals surface area (Å²) in [6, 6.07) is 16.6. The zero-order valence-corrected chi connectivity index (χ0v) is 19.6. The Morgan fingerprint density at radius 2 is 0.735 bits per heavy atom. The highest BCUT2D eigenvalue weighted by molar-refractivity contribution is 5.66. The molecule has 0 aliphatic heterocycles. The van der Waals surface area contributed by atoms with Crippen molar-refractivity contribution < 1.29 is 18.9 Å². The highest BCUT2D eigenvalue weighted by atomic mass is 16.5. The van der Waals surface area contributed by atoms with Gasteiger partial charge in [0.25, 0.3) is 0 Å². The van der Waals surface area contributed by atoms with Crippen LogP contribution in [-0.4, -0.2) is 38.4 Å². The quantitative estimate of drug-likeness (QED) is 0.352. The molecule has 6 nitrogen and oxygen atoms in total. The van der Waals surface area contributed by atoms with Gasteiger partial charge in [0.2, 0.25) is 0 Å². The van der Waals surface area contributed by atoms with Gasteiger partial charge in [-0.05, 0) is 81.9 Å². The number of hydrogen-bond acceptors (Lipinski definition) is 6. The van der Waals surface area contributed by atoms with E-state index in [-0.39, 0.29) is 11.8 Å². The van der Waals surface area contributed by atoms with Crippen molar-refractivity contribution in [2.24, 2.45) is 0 Å². The third kappa shape index (κ3) is 3.52. The maximum atomic E-state index is 5.70. The third-order valence-corrected chi connectivity index (χ3v) is 6.50. The molecule has 4 aromatic rings. The molecule has 0 bridgehead atoms. The molecule has 0 atom stereocenters. The maximum Gasteiger partial charge on any atom is 0.161 e. The van der Waals surface area contributed by atoms with E-state index in [2.05, 4.69) is 58.5 Å². The van der Waals surface area contributed by atoms with Crippen LogP contribution in [0.2, 0.25) is 0 Å². The van der Waals surface area contributed by atoms with Crippen molar-refractivity contribution in [3.05, 3.63) is 107 Å². The van der Waals surface area contributed by atoms with E-state index in [1.54, 1.807) is 28.4 Å². The van der Waals surface area contributed by atoms with E-state index in [9.17, 15) is 0 Å². The van der Waals surface area contributed by atoms with Crippen LogP contribution in [0.1, 0.15) is 45.2 Å². The molecule has 172 valence electrons. The average molecular weight is 455 g/mol. The fraction of sp³-hybridized carbons (Fsp3) is 0.214. The first-order chi connectivity index (χ1) is 16.7. The molecule has 6 heteroatoms. The number of methoxy groups -OCH3 is 4. The number of nitrogens with zero attached hydrogens (tertiary/aromatic N) is 2. The number of rotatable bonds is 6. The molecule has 1 aliphatic rings. The fourth-order valence-corrected chi connectivity index (χ4v) is 4.99. The molecule has 2 aromatic carbocycles. The summed E-state index contributed by atoms with van der Waals surface area (Å²) < 4.78 is 22.8. The first-order valence-corrected chi connectivity index (χ1v) is 11.0. The Labute approximate surface area is 199 Å². The first-order valence-electron chi connectivity index (χ1n) is 11.0. The molecule has 0 fully saturated rings. The van der Waals surface area contributed by atoms with Gasteiger partial charge >= 0.3 is 0 Å². The second-order valence-electron chi connectivity index (χ2n) is 8.10. The maximum absolute atomic E-state index is 5.70. The Bertz CT molecular complexity index is 1140. The van der Waals surface area contributed by atoms with Gasteiger partial charge in [0, 0.05) is 36.6 Å². The van der Waals surface area contributed by atoms with Crippen molar-refractivity contribution in [1.29, 1.82) is 0 Å². The van der Waals surface area contributed by atoms with Crippen molar-refractivity contribution >= 4 is 0 Å². The van der Waals surface area contributed by atoms with Gasteiger partial charge in [-0.2, -0.15) is 0 Å². The van der Waals surface area contributed by atoms with Crippen molar-refractivity contribution in [2.75, 3.05) is 28.4 Å². The molecule has 2 heterocycles. The molecule has 0 saturated heterocycles. The fourth-order valence-electron chi connectivity index (χ4n) is 4.99. The minimum Gasteiger partial charge on any atom is -0.493 e. The number of hydrogen-bond donors (Lipinski definition) is 0. The summed E-state index contributed by atoms with van der Waals surface area (Å²) in [7, 11) is 6.65. The van der Waals surface area contributed by atoms with Gasteiger partial charge in [0.05, 0.1) is 28.4 Å². The van der Waals surface area contributed by atoms with Crippen molar-refractivity contribution in [3.8, 4) is 23.0 Å². The molecule has 0 unspecified atom stereocenters. The van der Waals surface area contributed by atoms with Crippen LogP contribution in [0.4, 0.5) is 0 Å². The molecule has 1 aliphatic carbocycles. The molecule has 0 amide bonds. The molecule has 2 aromatic heterocycles. The van der Waals surface area contributed by atoms with Gasteiger partial charge in [-0.25, -0.2) is 0 Å². The second-order valence-corrected chi connectivity index (χ2v) is 8.10. The van der Waals surface area contributed by atoms with Crippen LogP contribution in [0, 0.1) is 0 Å². The molecule has 34 heavy (non-hydrogen) atoms. The van der Waals surface area contributed by atoms with Gasteiger partial charge in [-0.1, -0.05) is 0 Å². The number of fused-ring (bicyclic) bond motifs is 2. The van der Waals surface area contributed by atoms with Crippen molar-refractivity contribution in [2.45, 2.75) is 11.8 Å². The topological polar surface area (TPSA) is 62.7 Å². The van der Waals surface area contributed by atoms with Crippen molar-refractivity contribution in [1.82, 2.24) is 9.97 Å². The zero-order valence-electron chi connectivity index (χ0n) is 19.6. The lowest BCUT2D eigenvalue weighted by atomic mass is 9.68. The highest BCUT2D eigenvalue weighted by Crippen LogP contribution is 2.53. The number of pyridine rings is 2. The van der Waals surface area contributed by atoms with Crippen LogP contribution in [0.3, 0.4) is 0 Å². The van der Waals surface area contributed by atoms with Crippen LogP contribution < -0.4 is 18.9 Å². The normalized spacial score (nSPS) is 16.2. The molecular weight excluding hydrogens is 428 g/mol.